The quantitative estimate of drug-likeness (QED) is 0.0811. The molecule has 0 aromatic carbocycles. The molecule has 4 aliphatic heterocycles. The van der Waals surface area contributed by atoms with Gasteiger partial charge in [-0.2, -0.15) is 37.2 Å². The van der Waals surface area contributed by atoms with Crippen molar-refractivity contribution in [1.82, 2.24) is 59.0 Å². The molecule has 506 valence electrons. The number of ether oxygens (including phenoxy) is 4. The maximum absolute atomic E-state index is 13.3. The number of nitrogen functional groups attached to an aromatic ring is 3. The van der Waals surface area contributed by atoms with E-state index >= 15 is 0 Å². The Hall–Kier alpha value is -7.40. The molecule has 16 rings (SSSR count). The van der Waals surface area contributed by atoms with Gasteiger partial charge in [-0.25, -0.2) is 24.1 Å². The van der Waals surface area contributed by atoms with Crippen LogP contribution in [0.5, 0.6) is 11.5 Å². The van der Waals surface area contributed by atoms with E-state index in [0.717, 1.165) is 56.4 Å². The predicted octanol–water partition coefficient (Wildman–Crippen LogP) is 11.8. The van der Waals surface area contributed by atoms with Gasteiger partial charge in [0.15, 0.2) is 23.1 Å². The molecule has 20 nitrogen and oxygen atoms in total. The van der Waals surface area contributed by atoms with E-state index in [2.05, 4.69) is 67.0 Å². The lowest BCUT2D eigenvalue weighted by Gasteiger charge is -2.57. The smallest absolute Gasteiger partial charge is 0.448 e. The second-order valence-electron chi connectivity index (χ2n) is 28.5. The van der Waals surface area contributed by atoms with Gasteiger partial charge in [-0.3, -0.25) is 23.8 Å². The van der Waals surface area contributed by atoms with Crippen molar-refractivity contribution in [2.75, 3.05) is 69.7 Å². The number of alkyl halides is 9. The lowest BCUT2D eigenvalue weighted by Crippen LogP contribution is -2.67. The Morgan fingerprint density at radius 2 is 0.989 bits per heavy atom. The lowest BCUT2D eigenvalue weighted by atomic mass is 9.76. The first-order valence-electron chi connectivity index (χ1n) is 32.6. The van der Waals surface area contributed by atoms with E-state index in [0.29, 0.717) is 131 Å². The van der Waals surface area contributed by atoms with Crippen LogP contribution in [0.4, 0.5) is 61.8 Å². The van der Waals surface area contributed by atoms with Crippen LogP contribution in [0.1, 0.15) is 139 Å². The van der Waals surface area contributed by atoms with Gasteiger partial charge in [0.05, 0.1) is 42.4 Å². The van der Waals surface area contributed by atoms with Crippen molar-refractivity contribution in [2.24, 2.45) is 40.9 Å². The standard InChI is InChI=1S/C23H28F3N5O2.C21H24F3N5O2.C21H26F3N5O/c1-12(2)31-18(6-17(29-31)13-3-19(21(27)28-7-13)33-23(24,25)26)20-15-4-14(5-16(15)20)30-8-22(9-30)10-32-11-22;1-10(2)29-17(18-13-6-12(7-14(13)18)28-3-4-31-20(28)30)8-16(27-29)11-5-15(21(22,23)24)19(25)26-9-11;1-10(2)29-17(19-14-4-13(5-15(14)19)28-8-12(22)9-28)6-16(27-29)11-3-18(30-21(23)24)20(25)26-7-11/h3,6-7,12,14-16,20H,4-5,8-11H2,1-2H3,(H2,27,28);5,8-10,12-14,18H,3-4,6-7H2,1-2H3,(H2,25,26);3,6-7,10,12-15,19,21H,4-5,8-9H2,1-2H3,(H2,25,26)/t14?,15-,16+,20?;12?,13-,14+,18?;13?,14-,15+,19?. The molecule has 6 N–H and O–H groups in total. The van der Waals surface area contributed by atoms with Gasteiger partial charge in [-0.15, -0.1) is 13.2 Å². The molecule has 12 atom stereocenters. The number of hydrogen-bond donors (Lipinski definition) is 3. The number of likely N-dealkylation sites (tertiary alicyclic amines) is 2. The minimum Gasteiger partial charge on any atom is -0.448 e. The first-order valence-corrected chi connectivity index (χ1v) is 32.6. The zero-order valence-electron chi connectivity index (χ0n) is 53.0. The maximum atomic E-state index is 13.3. The van der Waals surface area contributed by atoms with Gasteiger partial charge in [0.2, 0.25) is 0 Å². The molecule has 6 aromatic rings. The summed E-state index contributed by atoms with van der Waals surface area (Å²) in [6, 6.07) is 11.5. The molecule has 4 saturated heterocycles. The molecule has 6 saturated carbocycles. The lowest BCUT2D eigenvalue weighted by molar-refractivity contribution is -0.274. The highest BCUT2D eigenvalue weighted by molar-refractivity contribution is 5.70. The maximum Gasteiger partial charge on any atom is 0.573 e. The Morgan fingerprint density at radius 1 is 0.574 bits per heavy atom. The summed E-state index contributed by atoms with van der Waals surface area (Å²) >= 11 is 0. The van der Waals surface area contributed by atoms with E-state index in [9.17, 15) is 44.3 Å². The number of aromatic nitrogens is 9. The topological polar surface area (TPSA) is 234 Å². The number of fused-ring (bicyclic) bond motifs is 3. The van der Waals surface area contributed by atoms with Crippen molar-refractivity contribution < 1.29 is 63.3 Å². The van der Waals surface area contributed by atoms with Gasteiger partial charge < -0.3 is 41.0 Å². The van der Waals surface area contributed by atoms with Crippen LogP contribution in [0.25, 0.3) is 33.8 Å². The third kappa shape index (κ3) is 12.1. The summed E-state index contributed by atoms with van der Waals surface area (Å²) in [4.78, 5) is 30.2. The summed E-state index contributed by atoms with van der Waals surface area (Å²) in [5, 5.41) is 14.1. The van der Waals surface area contributed by atoms with Crippen LogP contribution in [0.15, 0.2) is 55.0 Å². The number of carbonyl (C=O) groups is 1. The third-order valence-electron chi connectivity index (χ3n) is 21.4. The largest absolute Gasteiger partial charge is 0.573 e. The van der Waals surface area contributed by atoms with Crippen LogP contribution in [-0.4, -0.2) is 155 Å². The molecule has 10 fully saturated rings. The number of carbonyl (C=O) groups excluding carboxylic acids is 1. The number of halogens is 9. The SMILES string of the molecule is CC(C)n1nc(-c2cnc(N)c(C(F)(F)F)c2)cc1C1[C@H]2CC(N3CCOC3=O)C[C@@H]12.CC(C)n1nc(-c2cnc(N)c(OC(F)(F)F)c2)cc1C1[C@H]2CC(N3CC4(COC4)C3)C[C@@H]12.CC(C)n1nc(-c2cnc(N)c(OC(F)F)c2)cc1C1[C@H]2CC(N3CC(F)C3)C[C@@H]12. The zero-order valence-corrected chi connectivity index (χ0v) is 53.0. The zero-order chi connectivity index (χ0) is 66.4. The van der Waals surface area contributed by atoms with E-state index in [1.807, 2.05) is 51.0 Å². The summed E-state index contributed by atoms with van der Waals surface area (Å²) < 4.78 is 141. The van der Waals surface area contributed by atoms with E-state index in [-0.39, 0.29) is 47.6 Å². The fourth-order valence-corrected chi connectivity index (χ4v) is 16.8. The minimum absolute atomic E-state index is 0.0678. The molecule has 0 radical (unpaired) electrons. The Kier molecular flexibility index (Phi) is 16.2. The Bertz CT molecular complexity index is 3780. The highest BCUT2D eigenvalue weighted by Crippen LogP contribution is 2.67. The second kappa shape index (κ2) is 23.8. The average Bonchev–Trinajstić information content (AvgIpc) is 1.54. The van der Waals surface area contributed by atoms with Crippen molar-refractivity contribution in [3.05, 3.63) is 77.6 Å². The molecule has 10 heterocycles. The second-order valence-corrected chi connectivity index (χ2v) is 28.5. The number of anilines is 3. The normalized spacial score (nSPS) is 28.9. The Balaban J connectivity index is 0.000000122. The van der Waals surface area contributed by atoms with Crippen LogP contribution in [-0.2, 0) is 15.7 Å². The molecule has 94 heavy (non-hydrogen) atoms. The van der Waals surface area contributed by atoms with Crippen LogP contribution >= 0.6 is 0 Å². The first-order chi connectivity index (χ1) is 44.6. The number of nitrogens with zero attached hydrogens (tertiary/aromatic N) is 12. The first kappa shape index (κ1) is 64.0. The van der Waals surface area contributed by atoms with Crippen molar-refractivity contribution in [2.45, 2.75) is 159 Å². The minimum atomic E-state index is -4.83. The fraction of sp³-hybridized carbons (Fsp3) is 0.615. The van der Waals surface area contributed by atoms with E-state index in [1.165, 1.54) is 62.3 Å². The highest BCUT2D eigenvalue weighted by atomic mass is 19.4. The Morgan fingerprint density at radius 3 is 1.37 bits per heavy atom. The molecule has 6 aliphatic carbocycles. The molecule has 10 aliphatic rings. The van der Waals surface area contributed by atoms with Gasteiger partial charge in [0, 0.05) is 138 Å². The number of pyridine rings is 3. The van der Waals surface area contributed by atoms with Crippen molar-refractivity contribution >= 4 is 23.5 Å². The molecule has 29 heteroatoms. The van der Waals surface area contributed by atoms with Gasteiger partial charge in [0.25, 0.3) is 0 Å². The fourth-order valence-electron chi connectivity index (χ4n) is 16.8. The molecular weight excluding hydrogens is 1240 g/mol. The summed E-state index contributed by atoms with van der Waals surface area (Å²) in [5.74, 6) is 3.08. The van der Waals surface area contributed by atoms with Crippen molar-refractivity contribution in [3.63, 3.8) is 0 Å². The number of nitrogens with two attached hydrogens (primary N) is 3. The van der Waals surface area contributed by atoms with Gasteiger partial charge in [0.1, 0.15) is 18.6 Å². The molecular formula is C65H78F9N15O5. The molecule has 1 spiro atoms. The van der Waals surface area contributed by atoms with Crippen LogP contribution < -0.4 is 26.7 Å². The van der Waals surface area contributed by atoms with E-state index in [4.69, 9.17) is 36.9 Å². The number of rotatable bonds is 15. The summed E-state index contributed by atoms with van der Waals surface area (Å²) in [6.45, 7) is 15.8. The average molecular weight is 1320 g/mol. The summed E-state index contributed by atoms with van der Waals surface area (Å²) in [6.07, 6.45) is 0.497. The molecule has 6 aromatic heterocycles. The monoisotopic (exact) mass is 1320 g/mol. The number of amides is 1. The molecule has 0 bridgehead atoms. The third-order valence-corrected chi connectivity index (χ3v) is 21.4. The number of cyclic esters (lactones) is 1. The summed E-state index contributed by atoms with van der Waals surface area (Å²) in [7, 11) is 0. The molecule has 6 unspecified atom stereocenters. The van der Waals surface area contributed by atoms with Crippen LogP contribution in [0.2, 0.25) is 0 Å². The highest BCUT2D eigenvalue weighted by Gasteiger charge is 2.63. The van der Waals surface area contributed by atoms with Gasteiger partial charge in [-0.05, 0) is 152 Å². The number of hydrogen-bond acceptors (Lipinski definition) is 16. The van der Waals surface area contributed by atoms with Gasteiger partial charge >= 0.3 is 25.2 Å². The predicted molar refractivity (Wildman–Crippen MR) is 327 cm³/mol. The van der Waals surface area contributed by atoms with Crippen LogP contribution in [0, 0.1) is 40.9 Å². The molecule has 1 amide bonds. The Labute approximate surface area is 537 Å². The van der Waals surface area contributed by atoms with Crippen molar-refractivity contribution in [3.8, 4) is 45.3 Å². The van der Waals surface area contributed by atoms with Gasteiger partial charge in [-0.1, -0.05) is 0 Å². The van der Waals surface area contributed by atoms with E-state index in [1.54, 1.807) is 0 Å². The van der Waals surface area contributed by atoms with Crippen molar-refractivity contribution in [1.29, 1.82) is 0 Å². The van der Waals surface area contributed by atoms with E-state index < -0.39 is 42.5 Å². The van der Waals surface area contributed by atoms with Crippen LogP contribution in [0.3, 0.4) is 0 Å². The summed E-state index contributed by atoms with van der Waals surface area (Å²) in [5.41, 5.74) is 22.6.